The molecule has 0 spiro atoms. The van der Waals surface area contributed by atoms with Crippen molar-refractivity contribution in [2.45, 2.75) is 38.5 Å². The number of rotatable bonds is 10. The Hall–Kier alpha value is -3.77. The van der Waals surface area contributed by atoms with Crippen LogP contribution in [0.3, 0.4) is 0 Å². The van der Waals surface area contributed by atoms with Crippen LogP contribution in [0.25, 0.3) is 10.9 Å². The van der Waals surface area contributed by atoms with Crippen molar-refractivity contribution in [2.75, 3.05) is 19.0 Å². The van der Waals surface area contributed by atoms with E-state index >= 15 is 0 Å². The standard InChI is InChI=1S/C26H29FN4O6S/c1-17(32)22-14-30(23-8-7-20(12-21(22)23)37-16-38(28,35)36)15-25(33)31-13-19(27)11-24(31)26(34)29-10-9-18-5-3-2-4-6-18/h2-8,12,14,19,24H,9-11,13,15-16H2,1H3,(H,29,34)(H2,28,35,36)/t19-,24+/m1/s1. The van der Waals surface area contributed by atoms with Crippen molar-refractivity contribution in [1.29, 1.82) is 0 Å². The predicted molar refractivity (Wildman–Crippen MR) is 139 cm³/mol. The van der Waals surface area contributed by atoms with E-state index in [1.54, 1.807) is 10.6 Å². The fraction of sp³-hybridized carbons (Fsp3) is 0.346. The molecular weight excluding hydrogens is 515 g/mol. The molecule has 202 valence electrons. The van der Waals surface area contributed by atoms with E-state index in [1.165, 1.54) is 30.2 Å². The maximum absolute atomic E-state index is 14.3. The van der Waals surface area contributed by atoms with Crippen LogP contribution >= 0.6 is 0 Å². The van der Waals surface area contributed by atoms with Crippen molar-refractivity contribution in [1.82, 2.24) is 14.8 Å². The Morgan fingerprint density at radius 3 is 2.58 bits per heavy atom. The Balaban J connectivity index is 1.48. The Morgan fingerprint density at radius 1 is 1.16 bits per heavy atom. The minimum atomic E-state index is -3.87. The van der Waals surface area contributed by atoms with Gasteiger partial charge in [0.05, 0.1) is 6.54 Å². The highest BCUT2D eigenvalue weighted by molar-refractivity contribution is 7.88. The maximum atomic E-state index is 14.3. The lowest BCUT2D eigenvalue weighted by Crippen LogP contribution is -2.47. The number of nitrogens with zero attached hydrogens (tertiary/aromatic N) is 2. The summed E-state index contributed by atoms with van der Waals surface area (Å²) in [4.78, 5) is 39.6. The number of nitrogens with one attached hydrogen (secondary N) is 1. The van der Waals surface area contributed by atoms with Crippen molar-refractivity contribution >= 4 is 38.5 Å². The number of benzene rings is 2. The van der Waals surface area contributed by atoms with Crippen LogP contribution in [0.15, 0.2) is 54.7 Å². The average Bonchev–Trinajstić information content (AvgIpc) is 3.43. The Bertz CT molecular complexity index is 1460. The highest BCUT2D eigenvalue weighted by atomic mass is 32.2. The molecule has 0 radical (unpaired) electrons. The lowest BCUT2D eigenvalue weighted by atomic mass is 10.1. The number of sulfonamides is 1. The number of halogens is 1. The normalized spacial score (nSPS) is 17.5. The van der Waals surface area contributed by atoms with Gasteiger partial charge in [-0.25, -0.2) is 17.9 Å². The molecule has 1 aliphatic rings. The minimum Gasteiger partial charge on any atom is -0.476 e. The van der Waals surface area contributed by atoms with Gasteiger partial charge in [-0.3, -0.25) is 14.4 Å². The molecule has 2 atom stereocenters. The van der Waals surface area contributed by atoms with E-state index in [1.807, 2.05) is 30.3 Å². The van der Waals surface area contributed by atoms with E-state index in [2.05, 4.69) is 5.32 Å². The number of alkyl halides is 1. The number of aromatic nitrogens is 1. The van der Waals surface area contributed by atoms with E-state index in [-0.39, 0.29) is 31.0 Å². The van der Waals surface area contributed by atoms with Gasteiger partial charge >= 0.3 is 0 Å². The van der Waals surface area contributed by atoms with Crippen LogP contribution in [0.4, 0.5) is 4.39 Å². The molecule has 0 unspecified atom stereocenters. The van der Waals surface area contributed by atoms with Gasteiger partial charge in [0.15, 0.2) is 5.78 Å². The molecule has 2 aromatic carbocycles. The number of amides is 2. The summed E-state index contributed by atoms with van der Waals surface area (Å²) in [6, 6.07) is 13.3. The second-order valence-corrected chi connectivity index (χ2v) is 10.8. The molecule has 0 aliphatic carbocycles. The zero-order valence-corrected chi connectivity index (χ0v) is 21.6. The molecule has 1 aliphatic heterocycles. The van der Waals surface area contributed by atoms with Crippen molar-refractivity contribution in [3.63, 3.8) is 0 Å². The molecule has 1 fully saturated rings. The van der Waals surface area contributed by atoms with Gasteiger partial charge in [0.2, 0.25) is 27.8 Å². The van der Waals surface area contributed by atoms with Gasteiger partial charge in [0.1, 0.15) is 24.5 Å². The summed E-state index contributed by atoms with van der Waals surface area (Å²) in [6.07, 6.45) is 0.709. The van der Waals surface area contributed by atoms with Crippen LogP contribution in [0, 0.1) is 0 Å². The zero-order chi connectivity index (χ0) is 27.4. The number of hydrogen-bond acceptors (Lipinski definition) is 6. The third-order valence-electron chi connectivity index (χ3n) is 6.36. The number of hydrogen-bond donors (Lipinski definition) is 2. The highest BCUT2D eigenvalue weighted by Gasteiger charge is 2.39. The Kier molecular flexibility index (Phi) is 8.12. The van der Waals surface area contributed by atoms with E-state index in [0.29, 0.717) is 29.4 Å². The van der Waals surface area contributed by atoms with Crippen LogP contribution in [0.5, 0.6) is 5.75 Å². The fourth-order valence-corrected chi connectivity index (χ4v) is 4.87. The lowest BCUT2D eigenvalue weighted by Gasteiger charge is -2.24. The molecule has 1 saturated heterocycles. The quantitative estimate of drug-likeness (QED) is 0.373. The van der Waals surface area contributed by atoms with Gasteiger partial charge in [0, 0.05) is 35.6 Å². The molecule has 12 heteroatoms. The predicted octanol–water partition coefficient (Wildman–Crippen LogP) is 1.77. The summed E-state index contributed by atoms with van der Waals surface area (Å²) in [7, 11) is -3.87. The SMILES string of the molecule is CC(=O)c1cn(CC(=O)N2C[C@H](F)C[C@H]2C(=O)NCCc2ccccc2)c2ccc(OCS(N)(=O)=O)cc12. The van der Waals surface area contributed by atoms with Gasteiger partial charge in [0.25, 0.3) is 0 Å². The van der Waals surface area contributed by atoms with Crippen LogP contribution in [0.1, 0.15) is 29.3 Å². The Labute approximate surface area is 219 Å². The van der Waals surface area contributed by atoms with Crippen LogP contribution in [-0.4, -0.2) is 66.7 Å². The fourth-order valence-electron chi connectivity index (χ4n) is 4.57. The Morgan fingerprint density at radius 2 is 1.89 bits per heavy atom. The third kappa shape index (κ3) is 6.56. The number of carbonyl (C=O) groups excluding carboxylic acids is 3. The average molecular weight is 545 g/mol. The highest BCUT2D eigenvalue weighted by Crippen LogP contribution is 2.28. The van der Waals surface area contributed by atoms with Crippen molar-refractivity contribution in [2.24, 2.45) is 5.14 Å². The monoisotopic (exact) mass is 544 g/mol. The van der Waals surface area contributed by atoms with Crippen molar-refractivity contribution < 1.29 is 31.9 Å². The van der Waals surface area contributed by atoms with Crippen LogP contribution < -0.4 is 15.2 Å². The summed E-state index contributed by atoms with van der Waals surface area (Å²) in [5.41, 5.74) is 1.87. The molecule has 3 N–H and O–H groups in total. The van der Waals surface area contributed by atoms with E-state index in [4.69, 9.17) is 9.88 Å². The first-order chi connectivity index (χ1) is 18.0. The number of ether oxygens (including phenoxy) is 1. The van der Waals surface area contributed by atoms with Gasteiger partial charge in [-0.2, -0.15) is 0 Å². The first-order valence-electron chi connectivity index (χ1n) is 12.0. The summed E-state index contributed by atoms with van der Waals surface area (Å²) >= 11 is 0. The summed E-state index contributed by atoms with van der Waals surface area (Å²) in [5, 5.41) is 8.24. The largest absolute Gasteiger partial charge is 0.476 e. The smallest absolute Gasteiger partial charge is 0.244 e. The zero-order valence-electron chi connectivity index (χ0n) is 20.8. The maximum Gasteiger partial charge on any atom is 0.244 e. The first-order valence-corrected chi connectivity index (χ1v) is 13.8. The van der Waals surface area contributed by atoms with Crippen molar-refractivity contribution in [3.8, 4) is 5.75 Å². The number of Topliss-reactive ketones (excluding diaryl/α,β-unsaturated/α-hetero) is 1. The number of fused-ring (bicyclic) bond motifs is 1. The topological polar surface area (TPSA) is 141 Å². The molecule has 2 amide bonds. The van der Waals surface area contributed by atoms with Gasteiger partial charge in [-0.05, 0) is 37.1 Å². The summed E-state index contributed by atoms with van der Waals surface area (Å²) < 4.78 is 43.5. The molecule has 0 bridgehead atoms. The van der Waals surface area contributed by atoms with E-state index in [0.717, 1.165) is 5.56 Å². The first kappa shape index (κ1) is 27.3. The van der Waals surface area contributed by atoms with Crippen LogP contribution in [0.2, 0.25) is 0 Å². The third-order valence-corrected chi connectivity index (χ3v) is 6.80. The van der Waals surface area contributed by atoms with Gasteiger partial charge in [-0.15, -0.1) is 0 Å². The van der Waals surface area contributed by atoms with E-state index in [9.17, 15) is 27.2 Å². The van der Waals surface area contributed by atoms with Gasteiger partial charge in [-0.1, -0.05) is 30.3 Å². The number of nitrogens with two attached hydrogens (primary N) is 1. The molecule has 0 saturated carbocycles. The molecule has 4 rings (SSSR count). The number of primary sulfonamides is 1. The van der Waals surface area contributed by atoms with Crippen molar-refractivity contribution in [3.05, 3.63) is 65.9 Å². The lowest BCUT2D eigenvalue weighted by molar-refractivity contribution is -0.138. The summed E-state index contributed by atoms with van der Waals surface area (Å²) in [6.45, 7) is 1.31. The number of likely N-dealkylation sites (tertiary alicyclic amines) is 1. The minimum absolute atomic E-state index is 0.0845. The molecule has 2 heterocycles. The molecule has 38 heavy (non-hydrogen) atoms. The summed E-state index contributed by atoms with van der Waals surface area (Å²) in [5.74, 6) is -1.69. The molecule has 10 nitrogen and oxygen atoms in total. The molecule has 3 aromatic rings. The second-order valence-electron chi connectivity index (χ2n) is 9.25. The van der Waals surface area contributed by atoms with Crippen LogP contribution in [-0.2, 0) is 32.6 Å². The van der Waals surface area contributed by atoms with Gasteiger partial charge < -0.3 is 19.5 Å². The second kappa shape index (κ2) is 11.3. The van der Waals surface area contributed by atoms with E-state index < -0.39 is 40.0 Å². The number of ketones is 1. The molecule has 1 aromatic heterocycles. The molecular formula is C26H29FN4O6S. The number of carbonyl (C=O) groups is 3.